The van der Waals surface area contributed by atoms with Crippen LogP contribution in [0.15, 0.2) is 17.0 Å². The number of hydroxylamine groups is 2. The molecule has 3 heterocycles. The number of hydrogen-bond donors (Lipinski definition) is 0. The fourth-order valence-corrected chi connectivity index (χ4v) is 2.42. The Bertz CT molecular complexity index is 638. The van der Waals surface area contributed by atoms with E-state index in [1.165, 1.54) is 4.90 Å². The van der Waals surface area contributed by atoms with Gasteiger partial charge in [-0.3, -0.25) is 0 Å². The molecule has 0 N–H and O–H groups in total. The summed E-state index contributed by atoms with van der Waals surface area (Å²) in [4.78, 5) is 17.0. The van der Waals surface area contributed by atoms with E-state index in [1.807, 2.05) is 0 Å². The normalized spacial score (nSPS) is 22.9. The molecule has 1 aromatic rings. The van der Waals surface area contributed by atoms with Crippen LogP contribution in [0.4, 0.5) is 4.79 Å². The average molecular weight is 287 g/mol. The number of hydrogen-bond acceptors (Lipinski definition) is 8. The third kappa shape index (κ3) is 2.18. The molecule has 0 aromatic carbocycles. The largest absolute Gasteiger partial charge is 0.724 e. The molecule has 0 aliphatic carbocycles. The fraction of sp³-hybridized carbons (Fsp3) is 0.375. The second-order valence-electron chi connectivity index (χ2n) is 3.99. The Morgan fingerprint density at radius 3 is 2.95 bits per heavy atom. The van der Waals surface area contributed by atoms with Gasteiger partial charge < -0.3 is 14.0 Å². The maximum atomic E-state index is 11.8. The van der Waals surface area contributed by atoms with Gasteiger partial charge in [-0.25, -0.2) is 13.2 Å². The van der Waals surface area contributed by atoms with Crippen LogP contribution in [0.2, 0.25) is 0 Å². The number of carbonyl (C=O) groups is 1. The van der Waals surface area contributed by atoms with E-state index in [0.29, 0.717) is 16.5 Å². The van der Waals surface area contributed by atoms with Crippen LogP contribution in [0.1, 0.15) is 5.82 Å². The molecular weight excluding hydrogens is 280 g/mol. The first-order valence-electron chi connectivity index (χ1n) is 5.15. The van der Waals surface area contributed by atoms with Gasteiger partial charge in [0.25, 0.3) is 0 Å². The van der Waals surface area contributed by atoms with E-state index < -0.39 is 22.5 Å². The third-order valence-electron chi connectivity index (χ3n) is 2.74. The number of nitrogens with zero attached hydrogens (tertiary/aromatic N) is 4. The van der Waals surface area contributed by atoms with Gasteiger partial charge >= 0.3 is 6.03 Å². The van der Waals surface area contributed by atoms with Crippen molar-refractivity contribution < 1.29 is 26.6 Å². The molecule has 0 spiro atoms. The Morgan fingerprint density at radius 1 is 1.53 bits per heavy atom. The minimum atomic E-state index is -5.00. The molecule has 1 unspecified atom stereocenters. The molecule has 1 saturated heterocycles. The van der Waals surface area contributed by atoms with Crippen LogP contribution < -0.4 is 0 Å². The lowest BCUT2D eigenvalue weighted by atomic mass is 10.1. The molecule has 0 saturated carbocycles. The number of fused-ring (bicyclic) bond motifs is 2. The molecular formula is C8H7N4O6S-. The summed E-state index contributed by atoms with van der Waals surface area (Å²) in [5, 5.41) is 4.17. The monoisotopic (exact) mass is 287 g/mol. The molecule has 2 aliphatic rings. The van der Waals surface area contributed by atoms with Crippen molar-refractivity contribution in [2.45, 2.75) is 6.04 Å². The lowest BCUT2D eigenvalue weighted by molar-refractivity contribution is -0.0195. The van der Waals surface area contributed by atoms with E-state index in [4.69, 9.17) is 0 Å². The molecule has 19 heavy (non-hydrogen) atoms. The highest BCUT2D eigenvalue weighted by Crippen LogP contribution is 2.28. The maximum Gasteiger partial charge on any atom is 0.346 e. The lowest BCUT2D eigenvalue weighted by Gasteiger charge is -2.20. The molecule has 0 radical (unpaired) electrons. The van der Waals surface area contributed by atoms with Crippen molar-refractivity contribution in [3.05, 3.63) is 18.3 Å². The number of carbonyl (C=O) groups excluding carboxylic acids is 1. The van der Waals surface area contributed by atoms with Crippen molar-refractivity contribution in [2.24, 2.45) is 0 Å². The summed E-state index contributed by atoms with van der Waals surface area (Å²) < 4.78 is 40.5. The number of urea groups is 1. The van der Waals surface area contributed by atoms with Gasteiger partial charge in [0.2, 0.25) is 16.8 Å². The topological polar surface area (TPSA) is 129 Å². The van der Waals surface area contributed by atoms with E-state index >= 15 is 0 Å². The summed E-state index contributed by atoms with van der Waals surface area (Å²) in [6.45, 7) is 0.420. The summed E-state index contributed by atoms with van der Waals surface area (Å²) in [5.41, 5.74) is 0.591. The Morgan fingerprint density at radius 2 is 2.32 bits per heavy atom. The van der Waals surface area contributed by atoms with E-state index in [2.05, 4.69) is 18.9 Å². The van der Waals surface area contributed by atoms with Crippen LogP contribution in [0.5, 0.6) is 0 Å². The van der Waals surface area contributed by atoms with Crippen molar-refractivity contribution >= 4 is 22.0 Å². The van der Waals surface area contributed by atoms with Crippen LogP contribution in [-0.4, -0.2) is 58.2 Å². The summed E-state index contributed by atoms with van der Waals surface area (Å²) in [5.74, 6) is 0.300. The number of amides is 2. The van der Waals surface area contributed by atoms with E-state index in [-0.39, 0.29) is 13.1 Å². The molecule has 10 nitrogen and oxygen atoms in total. The van der Waals surface area contributed by atoms with Crippen molar-refractivity contribution in [1.29, 1.82) is 0 Å². The molecule has 11 heteroatoms. The van der Waals surface area contributed by atoms with E-state index in [9.17, 15) is 17.8 Å². The summed E-state index contributed by atoms with van der Waals surface area (Å²) in [6, 6.07) is -1.38. The zero-order chi connectivity index (χ0) is 13.6. The predicted molar refractivity (Wildman–Crippen MR) is 55.7 cm³/mol. The van der Waals surface area contributed by atoms with Crippen molar-refractivity contribution in [2.75, 3.05) is 13.1 Å². The first kappa shape index (κ1) is 12.1. The third-order valence-corrected chi connectivity index (χ3v) is 3.09. The fourth-order valence-electron chi connectivity index (χ4n) is 2.05. The molecule has 3 rings (SSSR count). The van der Waals surface area contributed by atoms with Crippen molar-refractivity contribution in [1.82, 2.24) is 20.1 Å². The van der Waals surface area contributed by atoms with Crippen molar-refractivity contribution in [3.63, 3.8) is 0 Å². The van der Waals surface area contributed by atoms with Gasteiger partial charge in [0.1, 0.15) is 0 Å². The molecule has 102 valence electrons. The van der Waals surface area contributed by atoms with Gasteiger partial charge in [-0.1, -0.05) is 5.16 Å². The maximum absolute atomic E-state index is 11.8. The number of aromatic nitrogens is 2. The summed E-state index contributed by atoms with van der Waals surface area (Å²) in [7, 11) is -5.00. The first-order valence-corrected chi connectivity index (χ1v) is 6.48. The van der Waals surface area contributed by atoms with Gasteiger partial charge in [-0.2, -0.15) is 14.3 Å². The Balaban J connectivity index is 1.90. The SMILES string of the molecule is O=C1N2CC(c3ncon3)=CC(C2)N1OS(=O)(=O)[O-]. The lowest BCUT2D eigenvalue weighted by Crippen LogP contribution is -2.35. The van der Waals surface area contributed by atoms with Crippen LogP contribution in [0.25, 0.3) is 5.57 Å². The Kier molecular flexibility index (Phi) is 2.55. The highest BCUT2D eigenvalue weighted by Gasteiger charge is 2.42. The van der Waals surface area contributed by atoms with Gasteiger partial charge in [0.05, 0.1) is 12.6 Å². The van der Waals surface area contributed by atoms with Gasteiger partial charge in [0, 0.05) is 12.1 Å². The van der Waals surface area contributed by atoms with E-state index in [1.54, 1.807) is 6.08 Å². The average Bonchev–Trinajstić information content (AvgIpc) is 2.92. The molecule has 1 fully saturated rings. The van der Waals surface area contributed by atoms with Gasteiger partial charge in [-0.05, 0) is 6.08 Å². The van der Waals surface area contributed by atoms with E-state index in [0.717, 1.165) is 6.39 Å². The van der Waals surface area contributed by atoms with Gasteiger partial charge in [-0.15, -0.1) is 0 Å². The standard InChI is InChI=1S/C8H8N4O6S/c13-8-11-2-5(7-9-4-17-10-7)1-6(3-11)12(8)18-19(14,15)16/h1,4,6H,2-3H2,(H,14,15,16)/p-1. The molecule has 1 aromatic heterocycles. The minimum Gasteiger partial charge on any atom is -0.724 e. The quantitative estimate of drug-likeness (QED) is 0.509. The second-order valence-corrected chi connectivity index (χ2v) is 4.95. The van der Waals surface area contributed by atoms with Gasteiger partial charge in [0.15, 0.2) is 5.82 Å². The first-order chi connectivity index (χ1) is 8.94. The Labute approximate surface area is 107 Å². The molecule has 2 aliphatic heterocycles. The zero-order valence-electron chi connectivity index (χ0n) is 9.29. The molecule has 2 bridgehead atoms. The zero-order valence-corrected chi connectivity index (χ0v) is 10.1. The summed E-state index contributed by atoms with van der Waals surface area (Å²) >= 11 is 0. The highest BCUT2D eigenvalue weighted by atomic mass is 32.3. The van der Waals surface area contributed by atoms with Crippen LogP contribution in [0, 0.1) is 0 Å². The molecule has 2 amide bonds. The predicted octanol–water partition coefficient (Wildman–Crippen LogP) is -1.04. The van der Waals surface area contributed by atoms with Crippen LogP contribution in [-0.2, 0) is 14.7 Å². The van der Waals surface area contributed by atoms with Crippen LogP contribution in [0.3, 0.4) is 0 Å². The second kappa shape index (κ2) is 4.01. The Hall–Kier alpha value is -1.98. The summed E-state index contributed by atoms with van der Waals surface area (Å²) in [6.07, 6.45) is 2.71. The molecule has 1 atom stereocenters. The van der Waals surface area contributed by atoms with Crippen LogP contribution >= 0.6 is 0 Å². The minimum absolute atomic E-state index is 0.188. The number of rotatable bonds is 3. The van der Waals surface area contributed by atoms with Crippen molar-refractivity contribution in [3.8, 4) is 0 Å². The highest BCUT2D eigenvalue weighted by molar-refractivity contribution is 7.80. The smallest absolute Gasteiger partial charge is 0.346 e.